The molecule has 0 fully saturated rings. The highest BCUT2D eigenvalue weighted by atomic mass is 16.5. The molecule has 6 heteroatoms. The van der Waals surface area contributed by atoms with Crippen molar-refractivity contribution in [1.29, 1.82) is 0 Å². The number of carbonyl (C=O) groups excluding carboxylic acids is 1. The highest BCUT2D eigenvalue weighted by Crippen LogP contribution is 2.29. The number of aliphatic hydroxyl groups excluding tert-OH is 1. The largest absolute Gasteiger partial charge is 0.508 e. The van der Waals surface area contributed by atoms with Crippen LogP contribution in [0.1, 0.15) is 17.5 Å². The Hall–Kier alpha value is -3.93. The summed E-state index contributed by atoms with van der Waals surface area (Å²) in [4.78, 5) is 12.7. The number of aliphatic hydroxyl groups is 1. The zero-order valence-corrected chi connectivity index (χ0v) is 18.8. The lowest BCUT2D eigenvalue weighted by Crippen LogP contribution is -2.01. The second-order valence-electron chi connectivity index (χ2n) is 6.62. The number of carbonyl (C=O) groups is 1. The molecule has 0 radical (unpaired) electrons. The Morgan fingerprint density at radius 1 is 0.812 bits per heavy atom. The minimum Gasteiger partial charge on any atom is -0.508 e. The summed E-state index contributed by atoms with van der Waals surface area (Å²) in [6, 6.07) is 10.7. The van der Waals surface area contributed by atoms with Crippen LogP contribution in [0.2, 0.25) is 0 Å². The molecule has 2 aromatic rings. The Balaban J connectivity index is 2.27. The van der Waals surface area contributed by atoms with E-state index in [0.717, 1.165) is 11.1 Å². The Morgan fingerprint density at radius 3 is 1.72 bits per heavy atom. The number of allylic oxidation sites excluding steroid dienone is 4. The van der Waals surface area contributed by atoms with Crippen molar-refractivity contribution >= 4 is 17.9 Å². The molecular weight excluding hydrogens is 408 g/mol. The SMILES string of the molecule is C=CC/C(C(=O)/C=C/c1ccc(OC)c(OC)c1)=C(O)\C=C\c1ccc(OC)c(OC)c1. The minimum absolute atomic E-state index is 0.137. The summed E-state index contributed by atoms with van der Waals surface area (Å²) >= 11 is 0. The van der Waals surface area contributed by atoms with Gasteiger partial charge in [0.05, 0.1) is 28.4 Å². The molecule has 0 aliphatic carbocycles. The topological polar surface area (TPSA) is 74.2 Å². The van der Waals surface area contributed by atoms with Gasteiger partial charge in [0.25, 0.3) is 0 Å². The van der Waals surface area contributed by atoms with Crippen LogP contribution in [-0.2, 0) is 4.79 Å². The molecule has 0 aliphatic rings. The van der Waals surface area contributed by atoms with Gasteiger partial charge in [-0.05, 0) is 54.0 Å². The summed E-state index contributed by atoms with van der Waals surface area (Å²) in [6.45, 7) is 3.68. The molecule has 2 aromatic carbocycles. The molecule has 0 atom stereocenters. The van der Waals surface area contributed by atoms with Crippen LogP contribution < -0.4 is 18.9 Å². The fraction of sp³-hybridized carbons (Fsp3) is 0.192. The lowest BCUT2D eigenvalue weighted by molar-refractivity contribution is -0.111. The van der Waals surface area contributed by atoms with Crippen molar-refractivity contribution in [2.24, 2.45) is 0 Å². The van der Waals surface area contributed by atoms with Gasteiger partial charge in [-0.25, -0.2) is 0 Å². The molecule has 0 aromatic heterocycles. The normalized spacial score (nSPS) is 11.9. The van der Waals surface area contributed by atoms with E-state index in [9.17, 15) is 9.90 Å². The van der Waals surface area contributed by atoms with E-state index in [1.54, 1.807) is 77.0 Å². The number of ether oxygens (including phenoxy) is 4. The average molecular weight is 437 g/mol. The molecule has 0 spiro atoms. The van der Waals surface area contributed by atoms with Crippen molar-refractivity contribution < 1.29 is 28.8 Å². The van der Waals surface area contributed by atoms with Crippen LogP contribution in [0.4, 0.5) is 0 Å². The maximum absolute atomic E-state index is 12.7. The number of rotatable bonds is 11. The molecule has 32 heavy (non-hydrogen) atoms. The van der Waals surface area contributed by atoms with Crippen molar-refractivity contribution in [2.45, 2.75) is 6.42 Å². The lowest BCUT2D eigenvalue weighted by Gasteiger charge is -2.08. The van der Waals surface area contributed by atoms with Crippen LogP contribution >= 0.6 is 0 Å². The van der Waals surface area contributed by atoms with E-state index in [1.807, 2.05) is 6.07 Å². The first-order valence-corrected chi connectivity index (χ1v) is 9.84. The number of benzene rings is 2. The fourth-order valence-corrected chi connectivity index (χ4v) is 2.94. The van der Waals surface area contributed by atoms with Crippen molar-refractivity contribution in [3.8, 4) is 23.0 Å². The molecule has 0 heterocycles. The van der Waals surface area contributed by atoms with Crippen molar-refractivity contribution in [1.82, 2.24) is 0 Å². The number of hydrogen-bond donors (Lipinski definition) is 1. The zero-order chi connectivity index (χ0) is 23.5. The number of ketones is 1. The third-order valence-electron chi connectivity index (χ3n) is 4.63. The summed E-state index contributed by atoms with van der Waals surface area (Å²) in [6.07, 6.45) is 8.00. The Kier molecular flexibility index (Phi) is 9.17. The van der Waals surface area contributed by atoms with Gasteiger partial charge in [0.15, 0.2) is 28.8 Å². The molecule has 2 rings (SSSR count). The van der Waals surface area contributed by atoms with Gasteiger partial charge in [-0.2, -0.15) is 0 Å². The van der Waals surface area contributed by atoms with Gasteiger partial charge in [0.2, 0.25) is 0 Å². The third-order valence-corrected chi connectivity index (χ3v) is 4.63. The first kappa shape index (κ1) is 24.3. The summed E-state index contributed by atoms with van der Waals surface area (Å²) in [5.74, 6) is 1.87. The van der Waals surface area contributed by atoms with E-state index >= 15 is 0 Å². The monoisotopic (exact) mass is 436 g/mol. The highest BCUT2D eigenvalue weighted by Gasteiger charge is 2.11. The van der Waals surface area contributed by atoms with Crippen LogP contribution in [-0.4, -0.2) is 39.3 Å². The highest BCUT2D eigenvalue weighted by molar-refractivity contribution is 6.07. The maximum atomic E-state index is 12.7. The van der Waals surface area contributed by atoms with Crippen LogP contribution in [0.25, 0.3) is 12.2 Å². The van der Waals surface area contributed by atoms with E-state index in [4.69, 9.17) is 18.9 Å². The van der Waals surface area contributed by atoms with E-state index < -0.39 is 0 Å². The van der Waals surface area contributed by atoms with Crippen molar-refractivity contribution in [2.75, 3.05) is 28.4 Å². The number of methoxy groups -OCH3 is 4. The maximum Gasteiger partial charge on any atom is 0.185 e. The van der Waals surface area contributed by atoms with Gasteiger partial charge >= 0.3 is 0 Å². The van der Waals surface area contributed by atoms with Gasteiger partial charge in [0.1, 0.15) is 5.76 Å². The quantitative estimate of drug-likeness (QED) is 0.220. The second-order valence-corrected chi connectivity index (χ2v) is 6.62. The van der Waals surface area contributed by atoms with Gasteiger partial charge in [-0.3, -0.25) is 4.79 Å². The van der Waals surface area contributed by atoms with Crippen LogP contribution in [0.5, 0.6) is 23.0 Å². The van der Waals surface area contributed by atoms with Crippen LogP contribution in [0.3, 0.4) is 0 Å². The van der Waals surface area contributed by atoms with Gasteiger partial charge in [-0.1, -0.05) is 30.4 Å². The molecule has 0 amide bonds. The average Bonchev–Trinajstić information content (AvgIpc) is 2.83. The molecule has 0 bridgehead atoms. The molecule has 0 aliphatic heterocycles. The fourth-order valence-electron chi connectivity index (χ4n) is 2.94. The van der Waals surface area contributed by atoms with Gasteiger partial charge in [-0.15, -0.1) is 6.58 Å². The summed E-state index contributed by atoms with van der Waals surface area (Å²) in [5.41, 5.74) is 1.77. The molecule has 6 nitrogen and oxygen atoms in total. The van der Waals surface area contributed by atoms with E-state index in [1.165, 1.54) is 12.2 Å². The Morgan fingerprint density at radius 2 is 1.28 bits per heavy atom. The molecule has 168 valence electrons. The van der Waals surface area contributed by atoms with Gasteiger partial charge < -0.3 is 24.1 Å². The second kappa shape index (κ2) is 12.1. The van der Waals surface area contributed by atoms with E-state index in [-0.39, 0.29) is 23.5 Å². The minimum atomic E-state index is -0.325. The first-order valence-electron chi connectivity index (χ1n) is 9.84. The first-order chi connectivity index (χ1) is 15.5. The Bertz CT molecular complexity index is 1050. The van der Waals surface area contributed by atoms with Gasteiger partial charge in [0, 0.05) is 5.57 Å². The van der Waals surface area contributed by atoms with Crippen LogP contribution in [0, 0.1) is 0 Å². The predicted octanol–water partition coefficient (Wildman–Crippen LogP) is 5.40. The molecule has 0 saturated heterocycles. The van der Waals surface area contributed by atoms with Crippen molar-refractivity contribution in [3.05, 3.63) is 83.7 Å². The third kappa shape index (κ3) is 6.28. The summed E-state index contributed by atoms with van der Waals surface area (Å²) in [5, 5.41) is 10.5. The molecule has 1 N–H and O–H groups in total. The zero-order valence-electron chi connectivity index (χ0n) is 18.8. The molecular formula is C26H28O6. The summed E-state index contributed by atoms with van der Waals surface area (Å²) < 4.78 is 21.0. The predicted molar refractivity (Wildman–Crippen MR) is 127 cm³/mol. The standard InChI is InChI=1S/C26H28O6/c1-6-7-20(21(27)12-8-18-10-14-23(29-2)25(16-18)31-4)22(28)13-9-19-11-15-24(30-3)26(17-19)32-5/h6,8-17,27H,1,7H2,2-5H3/b12-8+,13-9+,21-20-. The van der Waals surface area contributed by atoms with Crippen molar-refractivity contribution in [3.63, 3.8) is 0 Å². The number of hydrogen-bond acceptors (Lipinski definition) is 6. The van der Waals surface area contributed by atoms with Crippen LogP contribution in [0.15, 0.2) is 72.5 Å². The summed E-state index contributed by atoms with van der Waals surface area (Å²) in [7, 11) is 6.21. The lowest BCUT2D eigenvalue weighted by atomic mass is 10.0. The smallest absolute Gasteiger partial charge is 0.185 e. The van der Waals surface area contributed by atoms with E-state index in [2.05, 4.69) is 6.58 Å². The molecule has 0 saturated carbocycles. The molecule has 0 unspecified atom stereocenters. The van der Waals surface area contributed by atoms with E-state index in [0.29, 0.717) is 23.0 Å². The Labute approximate surface area is 188 Å².